The quantitative estimate of drug-likeness (QED) is 0.624. The lowest BCUT2D eigenvalue weighted by Gasteiger charge is -2.21. The molecule has 0 radical (unpaired) electrons. The number of benzene rings is 2. The highest BCUT2D eigenvalue weighted by Gasteiger charge is 2.42. The third-order valence-corrected chi connectivity index (χ3v) is 6.23. The van der Waals surface area contributed by atoms with Gasteiger partial charge in [-0.25, -0.2) is 5.43 Å². The molecule has 5 rings (SSSR count). The van der Waals surface area contributed by atoms with E-state index in [1.807, 2.05) is 0 Å². The van der Waals surface area contributed by atoms with Crippen LogP contribution in [0, 0.1) is 5.92 Å². The molecule has 2 aliphatic carbocycles. The highest BCUT2D eigenvalue weighted by atomic mass is 15.4. The van der Waals surface area contributed by atoms with Crippen LogP contribution in [0.15, 0.2) is 66.8 Å². The summed E-state index contributed by atoms with van der Waals surface area (Å²) < 4.78 is 0. The Bertz CT molecular complexity index is 1040. The fraction of sp³-hybridized carbons (Fsp3) is 0.308. The molecule has 1 heterocycles. The summed E-state index contributed by atoms with van der Waals surface area (Å²) in [7, 11) is 0. The average molecular weight is 369 g/mol. The Morgan fingerprint density at radius 1 is 1.07 bits per heavy atom. The predicted molar refractivity (Wildman–Crippen MR) is 120 cm³/mol. The second-order valence-corrected chi connectivity index (χ2v) is 8.25. The van der Waals surface area contributed by atoms with Crippen LogP contribution in [0.25, 0.3) is 22.0 Å². The SMILES string of the molecule is CC/C=C\C=C/CC1C=C(c2cc3c(c4ccccc24)C(C)=CC2CC32)NN1. The number of allylic oxidation sites excluding steroid dienone is 5. The van der Waals surface area contributed by atoms with Crippen LogP contribution in [0.4, 0.5) is 0 Å². The zero-order valence-corrected chi connectivity index (χ0v) is 16.7. The maximum atomic E-state index is 3.46. The van der Waals surface area contributed by atoms with Crippen LogP contribution in [0.2, 0.25) is 0 Å². The molecular weight excluding hydrogens is 340 g/mol. The van der Waals surface area contributed by atoms with Crippen LogP contribution >= 0.6 is 0 Å². The largest absolute Gasteiger partial charge is 0.321 e. The summed E-state index contributed by atoms with van der Waals surface area (Å²) in [6, 6.07) is 11.7. The van der Waals surface area contributed by atoms with Crippen molar-refractivity contribution in [2.24, 2.45) is 5.92 Å². The highest BCUT2D eigenvalue weighted by Crippen LogP contribution is 2.56. The fourth-order valence-corrected chi connectivity index (χ4v) is 4.77. The Balaban J connectivity index is 1.51. The Kier molecular flexibility index (Phi) is 4.44. The summed E-state index contributed by atoms with van der Waals surface area (Å²) >= 11 is 0. The van der Waals surface area contributed by atoms with E-state index in [9.17, 15) is 0 Å². The molecule has 2 nitrogen and oxygen atoms in total. The van der Waals surface area contributed by atoms with Crippen molar-refractivity contribution in [1.29, 1.82) is 0 Å². The minimum atomic E-state index is 0.325. The molecule has 2 heteroatoms. The molecule has 1 aliphatic heterocycles. The smallest absolute Gasteiger partial charge is 0.0543 e. The van der Waals surface area contributed by atoms with E-state index in [2.05, 4.69) is 91.5 Å². The molecule has 1 fully saturated rings. The third kappa shape index (κ3) is 3.02. The molecule has 0 saturated heterocycles. The molecule has 142 valence electrons. The summed E-state index contributed by atoms with van der Waals surface area (Å²) in [5.74, 6) is 1.49. The van der Waals surface area contributed by atoms with E-state index in [0.717, 1.165) is 24.7 Å². The van der Waals surface area contributed by atoms with E-state index in [0.29, 0.717) is 6.04 Å². The highest BCUT2D eigenvalue weighted by molar-refractivity contribution is 6.02. The average Bonchev–Trinajstić information content (AvgIpc) is 3.34. The molecule has 0 bridgehead atoms. The number of hydrogen-bond donors (Lipinski definition) is 2. The van der Waals surface area contributed by atoms with Gasteiger partial charge in [0, 0.05) is 11.6 Å². The lowest BCUT2D eigenvalue weighted by molar-refractivity contribution is 0.595. The van der Waals surface area contributed by atoms with Crippen molar-refractivity contribution in [2.45, 2.75) is 45.1 Å². The topological polar surface area (TPSA) is 24.1 Å². The standard InChI is InChI=1S/C26H28N2/c1-3-4-5-6-7-10-19-15-25(28-27-19)23-16-24-22-14-18(22)13-17(2)26(24)21-12-9-8-11-20(21)23/h4-9,11-13,15-16,18-19,22,27-28H,3,10,14H2,1-2H3/b5-4-,7-6-. The number of hydrazine groups is 1. The molecule has 3 atom stereocenters. The zero-order chi connectivity index (χ0) is 19.1. The van der Waals surface area contributed by atoms with Gasteiger partial charge in [-0.2, -0.15) is 0 Å². The molecule has 0 spiro atoms. The van der Waals surface area contributed by atoms with Crippen molar-refractivity contribution < 1.29 is 0 Å². The lowest BCUT2D eigenvalue weighted by atomic mass is 9.84. The van der Waals surface area contributed by atoms with Crippen molar-refractivity contribution in [3.63, 3.8) is 0 Å². The van der Waals surface area contributed by atoms with Gasteiger partial charge in [-0.1, -0.05) is 61.6 Å². The molecule has 0 aromatic heterocycles. The molecule has 0 amide bonds. The number of rotatable bonds is 5. The Labute approximate surface area is 167 Å². The van der Waals surface area contributed by atoms with E-state index in [1.54, 1.807) is 5.56 Å². The van der Waals surface area contributed by atoms with Gasteiger partial charge < -0.3 is 5.43 Å². The summed E-state index contributed by atoms with van der Waals surface area (Å²) in [6.45, 7) is 4.44. The minimum absolute atomic E-state index is 0.325. The summed E-state index contributed by atoms with van der Waals surface area (Å²) in [6.07, 6.45) is 16.9. The summed E-state index contributed by atoms with van der Waals surface area (Å²) in [5.41, 5.74) is 13.9. The maximum Gasteiger partial charge on any atom is 0.0543 e. The van der Waals surface area contributed by atoms with Crippen molar-refractivity contribution in [3.05, 3.63) is 83.5 Å². The number of nitrogens with one attached hydrogen (secondary N) is 2. The Morgan fingerprint density at radius 3 is 2.75 bits per heavy atom. The summed E-state index contributed by atoms with van der Waals surface area (Å²) in [4.78, 5) is 0. The second kappa shape index (κ2) is 7.10. The van der Waals surface area contributed by atoms with Crippen LogP contribution in [0.3, 0.4) is 0 Å². The summed E-state index contributed by atoms with van der Waals surface area (Å²) in [5, 5.41) is 2.74. The molecule has 2 N–H and O–H groups in total. The number of fused-ring (bicyclic) bond motifs is 5. The van der Waals surface area contributed by atoms with Crippen LogP contribution < -0.4 is 10.9 Å². The van der Waals surface area contributed by atoms with E-state index in [1.165, 1.54) is 39.6 Å². The first kappa shape index (κ1) is 17.5. The van der Waals surface area contributed by atoms with E-state index < -0.39 is 0 Å². The zero-order valence-electron chi connectivity index (χ0n) is 16.7. The Hall–Kier alpha value is -2.58. The molecule has 2 aromatic carbocycles. The van der Waals surface area contributed by atoms with Gasteiger partial charge in [0.2, 0.25) is 0 Å². The first-order chi connectivity index (χ1) is 13.8. The molecule has 3 aliphatic rings. The van der Waals surface area contributed by atoms with E-state index >= 15 is 0 Å². The number of hydrogen-bond acceptors (Lipinski definition) is 2. The van der Waals surface area contributed by atoms with Gasteiger partial charge >= 0.3 is 0 Å². The van der Waals surface area contributed by atoms with Crippen molar-refractivity contribution in [1.82, 2.24) is 10.9 Å². The first-order valence-electron chi connectivity index (χ1n) is 10.6. The Morgan fingerprint density at radius 2 is 1.89 bits per heavy atom. The maximum absolute atomic E-state index is 3.46. The lowest BCUT2D eigenvalue weighted by Crippen LogP contribution is -2.31. The third-order valence-electron chi connectivity index (χ3n) is 6.23. The minimum Gasteiger partial charge on any atom is -0.321 e. The van der Waals surface area contributed by atoms with Gasteiger partial charge in [0.05, 0.1) is 5.70 Å². The van der Waals surface area contributed by atoms with Crippen LogP contribution in [0.5, 0.6) is 0 Å². The van der Waals surface area contributed by atoms with Crippen LogP contribution in [-0.4, -0.2) is 6.04 Å². The molecule has 28 heavy (non-hydrogen) atoms. The fourth-order valence-electron chi connectivity index (χ4n) is 4.77. The normalized spacial score (nSPS) is 25.6. The second-order valence-electron chi connectivity index (χ2n) is 8.25. The van der Waals surface area contributed by atoms with Gasteiger partial charge in [0.15, 0.2) is 0 Å². The molecule has 3 unspecified atom stereocenters. The van der Waals surface area contributed by atoms with Crippen molar-refractivity contribution in [3.8, 4) is 0 Å². The van der Waals surface area contributed by atoms with Gasteiger partial charge in [-0.15, -0.1) is 0 Å². The van der Waals surface area contributed by atoms with E-state index in [4.69, 9.17) is 0 Å². The van der Waals surface area contributed by atoms with Crippen molar-refractivity contribution in [2.75, 3.05) is 0 Å². The first-order valence-corrected chi connectivity index (χ1v) is 10.6. The van der Waals surface area contributed by atoms with Gasteiger partial charge in [-0.3, -0.25) is 0 Å². The van der Waals surface area contributed by atoms with Crippen LogP contribution in [0.1, 0.15) is 55.7 Å². The van der Waals surface area contributed by atoms with Crippen LogP contribution in [-0.2, 0) is 0 Å². The molecular formula is C26H28N2. The van der Waals surface area contributed by atoms with E-state index in [-0.39, 0.29) is 0 Å². The van der Waals surface area contributed by atoms with Gasteiger partial charge in [-0.05, 0) is 77.6 Å². The van der Waals surface area contributed by atoms with Gasteiger partial charge in [0.1, 0.15) is 0 Å². The predicted octanol–water partition coefficient (Wildman–Crippen LogP) is 6.09. The van der Waals surface area contributed by atoms with Gasteiger partial charge in [0.25, 0.3) is 0 Å². The molecule has 1 saturated carbocycles. The van der Waals surface area contributed by atoms with Crippen molar-refractivity contribution >= 4 is 22.0 Å². The monoisotopic (exact) mass is 368 g/mol. The molecule has 2 aromatic rings.